The van der Waals surface area contributed by atoms with Gasteiger partial charge in [-0.25, -0.2) is 9.07 Å². The molecule has 2 heterocycles. The van der Waals surface area contributed by atoms with Crippen molar-refractivity contribution in [2.24, 2.45) is 0 Å². The maximum absolute atomic E-state index is 12.6. The van der Waals surface area contributed by atoms with Gasteiger partial charge in [-0.3, -0.25) is 4.98 Å². The van der Waals surface area contributed by atoms with E-state index in [1.807, 2.05) is 63.0 Å². The molecule has 0 radical (unpaired) electrons. The number of hydrogen-bond donors (Lipinski definition) is 0. The average Bonchev–Trinajstić information content (AvgIpc) is 3.33. The van der Waals surface area contributed by atoms with Gasteiger partial charge >= 0.3 is 0 Å². The standard InChI is InChI=1S/C13H20N2.C12H19N.C8H9F.C2H6/c1-9(2)7-11(5)15-12(6)13(8-14-15)10(3)4;1-2-3-4-5-6-9-12-10-7-8-11-13-12;1-2-7-5-3-4-6-8(7)9;1-2/h7-8,10H,1H2,2-6H3;7-8,10-11H,2-6,9H2,1H3;3-6H,2H2,1H3;1-2H3/b11-7-;;;. The van der Waals surface area contributed by atoms with Gasteiger partial charge in [-0.1, -0.05) is 104 Å². The molecule has 39 heavy (non-hydrogen) atoms. The van der Waals surface area contributed by atoms with Crippen LogP contribution in [0.2, 0.25) is 0 Å². The summed E-state index contributed by atoms with van der Waals surface area (Å²) in [6, 6.07) is 13.0. The molecule has 3 aromatic rings. The van der Waals surface area contributed by atoms with E-state index in [0.29, 0.717) is 5.92 Å². The summed E-state index contributed by atoms with van der Waals surface area (Å²) in [4.78, 5) is 4.30. The van der Waals surface area contributed by atoms with Gasteiger partial charge in [0, 0.05) is 23.3 Å². The Kier molecular flexibility index (Phi) is 20.2. The number of rotatable bonds is 10. The van der Waals surface area contributed by atoms with Crippen LogP contribution >= 0.6 is 0 Å². The lowest BCUT2D eigenvalue weighted by Gasteiger charge is -2.07. The normalized spacial score (nSPS) is 10.5. The van der Waals surface area contributed by atoms with Gasteiger partial charge in [-0.15, -0.1) is 0 Å². The summed E-state index contributed by atoms with van der Waals surface area (Å²) in [5, 5.41) is 4.40. The van der Waals surface area contributed by atoms with Crippen molar-refractivity contribution >= 4 is 5.70 Å². The van der Waals surface area contributed by atoms with E-state index >= 15 is 0 Å². The zero-order valence-electron chi connectivity index (χ0n) is 26.2. The highest BCUT2D eigenvalue weighted by atomic mass is 19.1. The van der Waals surface area contributed by atoms with Gasteiger partial charge in [0.1, 0.15) is 5.82 Å². The summed E-state index contributed by atoms with van der Waals surface area (Å²) in [5.74, 6) is 0.427. The Morgan fingerprint density at radius 3 is 2.10 bits per heavy atom. The van der Waals surface area contributed by atoms with Crippen molar-refractivity contribution in [3.05, 3.63) is 101 Å². The molecule has 0 fully saturated rings. The van der Waals surface area contributed by atoms with Gasteiger partial charge in [0.15, 0.2) is 0 Å². The summed E-state index contributed by atoms with van der Waals surface area (Å²) in [6.45, 7) is 22.6. The summed E-state index contributed by atoms with van der Waals surface area (Å²) >= 11 is 0. The monoisotopic (exact) mass is 535 g/mol. The van der Waals surface area contributed by atoms with E-state index in [-0.39, 0.29) is 5.82 Å². The highest BCUT2D eigenvalue weighted by Gasteiger charge is 2.10. The molecule has 0 atom stereocenters. The molecule has 0 saturated carbocycles. The molecular formula is C35H54FN3. The minimum Gasteiger partial charge on any atom is -0.261 e. The van der Waals surface area contributed by atoms with Gasteiger partial charge in [-0.05, 0) is 81.4 Å². The van der Waals surface area contributed by atoms with Gasteiger partial charge < -0.3 is 0 Å². The zero-order valence-corrected chi connectivity index (χ0v) is 26.2. The minimum absolute atomic E-state index is 0.0972. The molecule has 3 rings (SSSR count). The molecule has 0 bridgehead atoms. The predicted molar refractivity (Wildman–Crippen MR) is 170 cm³/mol. The molecule has 0 aliphatic carbocycles. The molecule has 4 heteroatoms. The first-order valence-electron chi connectivity index (χ1n) is 14.7. The van der Waals surface area contributed by atoms with Gasteiger partial charge in [0.05, 0.1) is 6.20 Å². The molecular weight excluding hydrogens is 481 g/mol. The zero-order chi connectivity index (χ0) is 29.6. The van der Waals surface area contributed by atoms with Crippen molar-refractivity contribution < 1.29 is 4.39 Å². The first-order valence-corrected chi connectivity index (χ1v) is 14.7. The maximum Gasteiger partial charge on any atom is 0.126 e. The van der Waals surface area contributed by atoms with Crippen molar-refractivity contribution in [3.63, 3.8) is 0 Å². The van der Waals surface area contributed by atoms with Crippen LogP contribution < -0.4 is 0 Å². The molecule has 0 saturated heterocycles. The Hall–Kier alpha value is -3.01. The lowest BCUT2D eigenvalue weighted by Crippen LogP contribution is -2.00. The first-order chi connectivity index (χ1) is 18.7. The van der Waals surface area contributed by atoms with E-state index in [1.54, 1.807) is 12.1 Å². The number of nitrogens with zero attached hydrogens (tertiary/aromatic N) is 3. The van der Waals surface area contributed by atoms with Crippen LogP contribution in [0.25, 0.3) is 5.70 Å². The van der Waals surface area contributed by atoms with E-state index < -0.39 is 0 Å². The molecule has 2 aromatic heterocycles. The van der Waals surface area contributed by atoms with Crippen LogP contribution in [-0.2, 0) is 12.8 Å². The first kappa shape index (κ1) is 36.0. The SMILES string of the molecule is C=C(C)/C=C(/C)n1ncc(C(C)C)c1C.CC.CCCCCCCc1ccccn1.CCc1ccccc1F. The molecule has 1 aromatic carbocycles. The number of pyridine rings is 1. The second-order valence-electron chi connectivity index (χ2n) is 9.81. The maximum atomic E-state index is 12.6. The highest BCUT2D eigenvalue weighted by molar-refractivity contribution is 5.48. The quantitative estimate of drug-likeness (QED) is 0.191. The molecule has 0 aliphatic rings. The second kappa shape index (κ2) is 21.9. The fraction of sp³-hybridized carbons (Fsp3) is 0.486. The van der Waals surface area contributed by atoms with E-state index in [1.165, 1.54) is 55.1 Å². The summed E-state index contributed by atoms with van der Waals surface area (Å²) in [7, 11) is 0. The van der Waals surface area contributed by atoms with Crippen molar-refractivity contribution in [3.8, 4) is 0 Å². The van der Waals surface area contributed by atoms with Crippen LogP contribution in [0.5, 0.6) is 0 Å². The number of benzene rings is 1. The smallest absolute Gasteiger partial charge is 0.126 e. The number of halogens is 1. The number of aryl methyl sites for hydroxylation is 2. The third-order valence-corrected chi connectivity index (χ3v) is 6.06. The van der Waals surface area contributed by atoms with Crippen LogP contribution in [0.4, 0.5) is 4.39 Å². The highest BCUT2D eigenvalue weighted by Crippen LogP contribution is 2.20. The summed E-state index contributed by atoms with van der Waals surface area (Å²) in [5.41, 5.74) is 6.72. The average molecular weight is 536 g/mol. The number of hydrogen-bond acceptors (Lipinski definition) is 2. The molecule has 0 N–H and O–H groups in total. The van der Waals surface area contributed by atoms with E-state index in [9.17, 15) is 4.39 Å². The number of aromatic nitrogens is 3. The van der Waals surface area contributed by atoms with Gasteiger partial charge in [-0.2, -0.15) is 5.10 Å². The third kappa shape index (κ3) is 15.2. The van der Waals surface area contributed by atoms with Crippen molar-refractivity contribution in [1.29, 1.82) is 0 Å². The van der Waals surface area contributed by atoms with Gasteiger partial charge in [0.25, 0.3) is 0 Å². The molecule has 216 valence electrons. The molecule has 0 spiro atoms. The Labute approximate surface area is 239 Å². The fourth-order valence-electron chi connectivity index (χ4n) is 4.00. The summed E-state index contributed by atoms with van der Waals surface area (Å²) < 4.78 is 14.6. The molecule has 3 nitrogen and oxygen atoms in total. The summed E-state index contributed by atoms with van der Waals surface area (Å²) in [6.07, 6.45) is 14.5. The third-order valence-electron chi connectivity index (χ3n) is 6.06. The Morgan fingerprint density at radius 1 is 0.974 bits per heavy atom. The Balaban J connectivity index is 0.000000552. The largest absolute Gasteiger partial charge is 0.261 e. The van der Waals surface area contributed by atoms with Crippen LogP contribution in [0, 0.1) is 12.7 Å². The predicted octanol–water partition coefficient (Wildman–Crippen LogP) is 10.8. The number of unbranched alkanes of at least 4 members (excludes halogenated alkanes) is 4. The van der Waals surface area contributed by atoms with Crippen molar-refractivity contribution in [1.82, 2.24) is 14.8 Å². The van der Waals surface area contributed by atoms with E-state index in [0.717, 1.165) is 29.7 Å². The van der Waals surface area contributed by atoms with E-state index in [2.05, 4.69) is 63.4 Å². The van der Waals surface area contributed by atoms with E-state index in [4.69, 9.17) is 0 Å². The fourth-order valence-corrected chi connectivity index (χ4v) is 4.00. The van der Waals surface area contributed by atoms with Crippen molar-refractivity contribution in [2.75, 3.05) is 0 Å². The lowest BCUT2D eigenvalue weighted by molar-refractivity contribution is 0.612. The van der Waals surface area contributed by atoms with Gasteiger partial charge in [0.2, 0.25) is 0 Å². The topological polar surface area (TPSA) is 30.7 Å². The lowest BCUT2D eigenvalue weighted by atomic mass is 10.1. The van der Waals surface area contributed by atoms with Crippen LogP contribution in [0.1, 0.15) is 116 Å². The van der Waals surface area contributed by atoms with Crippen LogP contribution in [-0.4, -0.2) is 14.8 Å². The van der Waals surface area contributed by atoms with Crippen LogP contribution in [0.15, 0.2) is 73.1 Å². The Morgan fingerprint density at radius 2 is 1.62 bits per heavy atom. The van der Waals surface area contributed by atoms with Crippen molar-refractivity contribution in [2.45, 2.75) is 113 Å². The second-order valence-corrected chi connectivity index (χ2v) is 9.81. The molecule has 0 unspecified atom stereocenters. The van der Waals surface area contributed by atoms with Crippen LogP contribution in [0.3, 0.4) is 0 Å². The molecule has 0 aliphatic heterocycles. The number of allylic oxidation sites excluding steroid dienone is 3. The molecule has 0 amide bonds. The Bertz CT molecular complexity index is 1060. The minimum atomic E-state index is -0.0972.